The summed E-state index contributed by atoms with van der Waals surface area (Å²) in [6.07, 6.45) is 9.21. The first-order valence-electron chi connectivity index (χ1n) is 4.47. The van der Waals surface area contributed by atoms with Crippen molar-refractivity contribution >= 4 is 0 Å². The SMILES string of the molecule is NCCC(N)C1C=CCCC1. The molecule has 0 heterocycles. The van der Waals surface area contributed by atoms with E-state index in [1.54, 1.807) is 0 Å². The molecule has 1 aliphatic carbocycles. The maximum Gasteiger partial charge on any atom is 0.0114 e. The molecular formula is C9H18N2. The highest BCUT2D eigenvalue weighted by molar-refractivity contribution is 4.97. The highest BCUT2D eigenvalue weighted by Crippen LogP contribution is 2.20. The molecule has 0 fully saturated rings. The van der Waals surface area contributed by atoms with E-state index in [-0.39, 0.29) is 6.04 Å². The van der Waals surface area contributed by atoms with Crippen molar-refractivity contribution in [3.63, 3.8) is 0 Å². The van der Waals surface area contributed by atoms with Gasteiger partial charge in [0.25, 0.3) is 0 Å². The molecule has 1 rings (SSSR count). The van der Waals surface area contributed by atoms with Gasteiger partial charge in [-0.3, -0.25) is 0 Å². The Morgan fingerprint density at radius 1 is 1.55 bits per heavy atom. The predicted octanol–water partition coefficient (Wildman–Crippen LogP) is 1.02. The fourth-order valence-corrected chi connectivity index (χ4v) is 1.60. The molecule has 0 spiro atoms. The van der Waals surface area contributed by atoms with Crippen molar-refractivity contribution in [2.24, 2.45) is 17.4 Å². The third-order valence-electron chi connectivity index (χ3n) is 2.34. The van der Waals surface area contributed by atoms with E-state index >= 15 is 0 Å². The van der Waals surface area contributed by atoms with Crippen LogP contribution in [-0.2, 0) is 0 Å². The molecule has 64 valence electrons. The van der Waals surface area contributed by atoms with Crippen molar-refractivity contribution in [3.8, 4) is 0 Å². The molecule has 1 aliphatic rings. The van der Waals surface area contributed by atoms with Gasteiger partial charge >= 0.3 is 0 Å². The third-order valence-corrected chi connectivity index (χ3v) is 2.34. The molecule has 2 nitrogen and oxygen atoms in total. The van der Waals surface area contributed by atoms with Gasteiger partial charge in [-0.05, 0) is 38.1 Å². The van der Waals surface area contributed by atoms with Crippen molar-refractivity contribution in [3.05, 3.63) is 12.2 Å². The van der Waals surface area contributed by atoms with Gasteiger partial charge < -0.3 is 11.5 Å². The molecule has 0 bridgehead atoms. The molecule has 4 N–H and O–H groups in total. The van der Waals surface area contributed by atoms with Crippen LogP contribution in [0.5, 0.6) is 0 Å². The summed E-state index contributed by atoms with van der Waals surface area (Å²) in [5, 5.41) is 0. The average molecular weight is 154 g/mol. The molecular weight excluding hydrogens is 136 g/mol. The second kappa shape index (κ2) is 4.52. The van der Waals surface area contributed by atoms with Crippen LogP contribution in [0.2, 0.25) is 0 Å². The van der Waals surface area contributed by atoms with Crippen molar-refractivity contribution < 1.29 is 0 Å². The van der Waals surface area contributed by atoms with Crippen LogP contribution in [0.1, 0.15) is 25.7 Å². The van der Waals surface area contributed by atoms with Crippen molar-refractivity contribution in [2.45, 2.75) is 31.7 Å². The summed E-state index contributed by atoms with van der Waals surface area (Å²) in [7, 11) is 0. The fourth-order valence-electron chi connectivity index (χ4n) is 1.60. The van der Waals surface area contributed by atoms with Gasteiger partial charge in [0.15, 0.2) is 0 Å². The van der Waals surface area contributed by atoms with Crippen LogP contribution >= 0.6 is 0 Å². The van der Waals surface area contributed by atoms with Gasteiger partial charge in [-0.15, -0.1) is 0 Å². The van der Waals surface area contributed by atoms with Crippen LogP contribution in [0, 0.1) is 5.92 Å². The number of rotatable bonds is 3. The van der Waals surface area contributed by atoms with E-state index in [1.165, 1.54) is 19.3 Å². The minimum absolute atomic E-state index is 0.288. The molecule has 0 saturated heterocycles. The lowest BCUT2D eigenvalue weighted by Gasteiger charge is -2.22. The van der Waals surface area contributed by atoms with E-state index in [9.17, 15) is 0 Å². The van der Waals surface area contributed by atoms with E-state index < -0.39 is 0 Å². The van der Waals surface area contributed by atoms with Crippen molar-refractivity contribution in [2.75, 3.05) is 6.54 Å². The second-order valence-electron chi connectivity index (χ2n) is 3.26. The first-order valence-corrected chi connectivity index (χ1v) is 4.47. The molecule has 0 aromatic carbocycles. The van der Waals surface area contributed by atoms with Crippen molar-refractivity contribution in [1.82, 2.24) is 0 Å². The average Bonchev–Trinajstić information content (AvgIpc) is 2.07. The van der Waals surface area contributed by atoms with Gasteiger partial charge in [-0.25, -0.2) is 0 Å². The molecule has 0 aromatic heterocycles. The largest absolute Gasteiger partial charge is 0.330 e. The number of hydrogen-bond acceptors (Lipinski definition) is 2. The Bertz CT molecular complexity index is 132. The molecule has 2 heteroatoms. The standard InChI is InChI=1S/C9H18N2/c10-7-6-9(11)8-4-2-1-3-5-8/h2,4,8-9H,1,3,5-7,10-11H2. The number of nitrogens with two attached hydrogens (primary N) is 2. The minimum Gasteiger partial charge on any atom is -0.330 e. The lowest BCUT2D eigenvalue weighted by molar-refractivity contribution is 0.427. The zero-order valence-electron chi connectivity index (χ0n) is 7.00. The summed E-state index contributed by atoms with van der Waals surface area (Å²) < 4.78 is 0. The second-order valence-corrected chi connectivity index (χ2v) is 3.26. The van der Waals surface area contributed by atoms with E-state index in [0.717, 1.165) is 6.42 Å². The first kappa shape index (κ1) is 8.75. The van der Waals surface area contributed by atoms with Gasteiger partial charge in [-0.2, -0.15) is 0 Å². The van der Waals surface area contributed by atoms with Gasteiger partial charge in [0, 0.05) is 6.04 Å². The maximum absolute atomic E-state index is 5.93. The minimum atomic E-state index is 0.288. The summed E-state index contributed by atoms with van der Waals surface area (Å²) >= 11 is 0. The zero-order chi connectivity index (χ0) is 8.10. The molecule has 11 heavy (non-hydrogen) atoms. The normalized spacial score (nSPS) is 26.9. The van der Waals surface area contributed by atoms with Gasteiger partial charge in [-0.1, -0.05) is 12.2 Å². The van der Waals surface area contributed by atoms with E-state index in [4.69, 9.17) is 11.5 Å². The van der Waals surface area contributed by atoms with E-state index in [1.807, 2.05) is 0 Å². The van der Waals surface area contributed by atoms with E-state index in [2.05, 4.69) is 12.2 Å². The maximum atomic E-state index is 5.93. The van der Waals surface area contributed by atoms with Crippen LogP contribution in [0.4, 0.5) is 0 Å². The van der Waals surface area contributed by atoms with Gasteiger partial charge in [0.05, 0.1) is 0 Å². The Morgan fingerprint density at radius 3 is 2.91 bits per heavy atom. The van der Waals surface area contributed by atoms with Crippen molar-refractivity contribution in [1.29, 1.82) is 0 Å². The molecule has 2 unspecified atom stereocenters. The summed E-state index contributed by atoms with van der Waals surface area (Å²) in [5.41, 5.74) is 11.4. The van der Waals surface area contributed by atoms with Crippen LogP contribution in [0.15, 0.2) is 12.2 Å². The van der Waals surface area contributed by atoms with Crippen LogP contribution in [-0.4, -0.2) is 12.6 Å². The summed E-state index contributed by atoms with van der Waals surface area (Å²) in [6, 6.07) is 0.288. The van der Waals surface area contributed by atoms with E-state index in [0.29, 0.717) is 12.5 Å². The Hall–Kier alpha value is -0.340. The predicted molar refractivity (Wildman–Crippen MR) is 48.1 cm³/mol. The molecule has 0 aromatic rings. The highest BCUT2D eigenvalue weighted by atomic mass is 14.7. The number of hydrogen-bond donors (Lipinski definition) is 2. The van der Waals surface area contributed by atoms with Gasteiger partial charge in [0.2, 0.25) is 0 Å². The zero-order valence-corrected chi connectivity index (χ0v) is 7.00. The Kier molecular flexibility index (Phi) is 3.60. The molecule has 0 amide bonds. The smallest absolute Gasteiger partial charge is 0.0114 e. The Balaban J connectivity index is 2.32. The topological polar surface area (TPSA) is 52.0 Å². The highest BCUT2D eigenvalue weighted by Gasteiger charge is 2.15. The first-order chi connectivity index (χ1) is 5.34. The Labute approximate surface area is 68.6 Å². The summed E-state index contributed by atoms with van der Waals surface area (Å²) in [4.78, 5) is 0. The monoisotopic (exact) mass is 154 g/mol. The quantitative estimate of drug-likeness (QED) is 0.596. The van der Waals surface area contributed by atoms with Gasteiger partial charge in [0.1, 0.15) is 0 Å². The molecule has 0 saturated carbocycles. The number of allylic oxidation sites excluding steroid dienone is 1. The van der Waals surface area contributed by atoms with Crippen LogP contribution in [0.3, 0.4) is 0 Å². The molecule has 2 atom stereocenters. The lowest BCUT2D eigenvalue weighted by Crippen LogP contribution is -2.32. The lowest BCUT2D eigenvalue weighted by atomic mass is 9.88. The third kappa shape index (κ3) is 2.64. The molecule has 0 aliphatic heterocycles. The fraction of sp³-hybridized carbons (Fsp3) is 0.778. The van der Waals surface area contributed by atoms with Crippen LogP contribution < -0.4 is 11.5 Å². The summed E-state index contributed by atoms with van der Waals surface area (Å²) in [6.45, 7) is 0.714. The van der Waals surface area contributed by atoms with Crippen LogP contribution in [0.25, 0.3) is 0 Å². The Morgan fingerprint density at radius 2 is 2.36 bits per heavy atom. The molecule has 0 radical (unpaired) electrons. The summed E-state index contributed by atoms with van der Waals surface area (Å²) in [5.74, 6) is 0.590.